The van der Waals surface area contributed by atoms with Gasteiger partial charge in [-0.2, -0.15) is 0 Å². The molecule has 2 aromatic carbocycles. The number of alkyl halides is 1. The zero-order valence-corrected chi connectivity index (χ0v) is 21.3. The lowest BCUT2D eigenvalue weighted by Gasteiger charge is -2.41. The van der Waals surface area contributed by atoms with Gasteiger partial charge in [-0.05, 0) is 43.7 Å². The van der Waals surface area contributed by atoms with Crippen LogP contribution in [0.3, 0.4) is 0 Å². The molecular formula is C21H25Cl3IN3O2. The van der Waals surface area contributed by atoms with Crippen LogP contribution in [0.5, 0.6) is 11.5 Å². The number of aromatic hydroxyl groups is 1. The number of halogens is 4. The molecule has 0 saturated carbocycles. The first-order chi connectivity index (χ1) is 13.2. The first-order valence-electron chi connectivity index (χ1n) is 8.80. The smallest absolute Gasteiger partial charge is 0.162 e. The van der Waals surface area contributed by atoms with Crippen LogP contribution in [-0.4, -0.2) is 22.7 Å². The molecule has 0 bridgehead atoms. The van der Waals surface area contributed by atoms with Crippen LogP contribution in [-0.2, 0) is 10.1 Å². The Balaban J connectivity index is 0.00000225. The SMILES string of the molecule is COc1cccc(CNC(C)(C)C(N)(I)c2ccnc3cc(Cl)ccc23)c1O.Cl.Cl. The van der Waals surface area contributed by atoms with Gasteiger partial charge < -0.3 is 20.9 Å². The Morgan fingerprint density at radius 3 is 2.57 bits per heavy atom. The summed E-state index contributed by atoms with van der Waals surface area (Å²) < 4.78 is 4.43. The third-order valence-electron chi connectivity index (χ3n) is 5.03. The van der Waals surface area contributed by atoms with Gasteiger partial charge in [0.05, 0.1) is 12.6 Å². The largest absolute Gasteiger partial charge is 0.504 e. The zero-order chi connectivity index (χ0) is 20.5. The predicted octanol–water partition coefficient (Wildman–Crippen LogP) is 5.56. The predicted molar refractivity (Wildman–Crippen MR) is 137 cm³/mol. The van der Waals surface area contributed by atoms with Crippen LogP contribution in [0.2, 0.25) is 5.02 Å². The van der Waals surface area contributed by atoms with Crippen LogP contribution in [0, 0.1) is 0 Å². The maximum atomic E-state index is 10.4. The third kappa shape index (κ3) is 5.23. The van der Waals surface area contributed by atoms with Crippen LogP contribution < -0.4 is 15.8 Å². The second-order valence-corrected chi connectivity index (χ2v) is 9.32. The summed E-state index contributed by atoms with van der Waals surface area (Å²) in [6.45, 7) is 4.52. The molecule has 0 aliphatic heterocycles. The molecule has 5 nitrogen and oxygen atoms in total. The first-order valence-corrected chi connectivity index (χ1v) is 10.3. The fourth-order valence-electron chi connectivity index (χ4n) is 3.10. The Morgan fingerprint density at radius 1 is 1.20 bits per heavy atom. The van der Waals surface area contributed by atoms with Gasteiger partial charge in [-0.25, -0.2) is 0 Å². The van der Waals surface area contributed by atoms with Crippen LogP contribution in [0.1, 0.15) is 25.0 Å². The first kappa shape index (κ1) is 27.0. The number of phenolic OH excluding ortho intramolecular Hbond substituents is 1. The van der Waals surface area contributed by atoms with E-state index in [1.807, 2.05) is 50.2 Å². The van der Waals surface area contributed by atoms with Crippen LogP contribution in [0.4, 0.5) is 0 Å². The molecule has 1 heterocycles. The van der Waals surface area contributed by atoms with E-state index < -0.39 is 9.08 Å². The second kappa shape index (κ2) is 10.5. The summed E-state index contributed by atoms with van der Waals surface area (Å²) in [5, 5.41) is 15.4. The molecular weight excluding hydrogens is 560 g/mol. The summed E-state index contributed by atoms with van der Waals surface area (Å²) >= 11 is 8.39. The van der Waals surface area contributed by atoms with Gasteiger partial charge >= 0.3 is 0 Å². The Labute approximate surface area is 207 Å². The second-order valence-electron chi connectivity index (χ2n) is 7.18. The molecule has 0 aliphatic rings. The van der Waals surface area contributed by atoms with E-state index in [-0.39, 0.29) is 30.6 Å². The van der Waals surface area contributed by atoms with Crippen molar-refractivity contribution >= 4 is 69.9 Å². The summed E-state index contributed by atoms with van der Waals surface area (Å²) in [5.74, 6) is 0.580. The number of rotatable bonds is 6. The van der Waals surface area contributed by atoms with E-state index in [1.54, 1.807) is 12.3 Å². The van der Waals surface area contributed by atoms with Gasteiger partial charge in [0.1, 0.15) is 3.55 Å². The van der Waals surface area contributed by atoms with Crippen molar-refractivity contribution in [3.63, 3.8) is 0 Å². The molecule has 3 rings (SSSR count). The molecule has 0 aliphatic carbocycles. The minimum Gasteiger partial charge on any atom is -0.504 e. The van der Waals surface area contributed by atoms with Gasteiger partial charge in [0.25, 0.3) is 0 Å². The van der Waals surface area contributed by atoms with Gasteiger partial charge in [0, 0.05) is 34.3 Å². The number of ether oxygens (including phenoxy) is 1. The molecule has 0 spiro atoms. The number of para-hydroxylation sites is 1. The van der Waals surface area contributed by atoms with Crippen molar-refractivity contribution in [2.75, 3.05) is 7.11 Å². The highest BCUT2D eigenvalue weighted by Gasteiger charge is 2.42. The molecule has 164 valence electrons. The highest BCUT2D eigenvalue weighted by Crippen LogP contribution is 2.41. The van der Waals surface area contributed by atoms with Crippen molar-refractivity contribution in [2.45, 2.75) is 29.5 Å². The maximum absolute atomic E-state index is 10.4. The summed E-state index contributed by atoms with van der Waals surface area (Å²) in [6, 6.07) is 13.0. The minimum absolute atomic E-state index is 0. The van der Waals surface area contributed by atoms with Crippen LogP contribution >= 0.6 is 59.0 Å². The lowest BCUT2D eigenvalue weighted by molar-refractivity contribution is 0.304. The highest BCUT2D eigenvalue weighted by molar-refractivity contribution is 14.1. The number of phenols is 1. The van der Waals surface area contributed by atoms with Crippen molar-refractivity contribution in [3.05, 3.63) is 64.8 Å². The number of hydrogen-bond acceptors (Lipinski definition) is 5. The number of nitrogens with two attached hydrogens (primary N) is 1. The average Bonchev–Trinajstić information content (AvgIpc) is 2.66. The van der Waals surface area contributed by atoms with E-state index in [4.69, 9.17) is 22.1 Å². The number of benzene rings is 2. The molecule has 0 fully saturated rings. The van der Waals surface area contributed by atoms with Crippen molar-refractivity contribution in [1.82, 2.24) is 10.3 Å². The van der Waals surface area contributed by atoms with Crippen LogP contribution in [0.25, 0.3) is 10.9 Å². The van der Waals surface area contributed by atoms with Gasteiger partial charge in [0.15, 0.2) is 11.5 Å². The number of nitrogens with one attached hydrogen (secondary N) is 1. The van der Waals surface area contributed by atoms with E-state index >= 15 is 0 Å². The molecule has 0 amide bonds. The number of aromatic nitrogens is 1. The van der Waals surface area contributed by atoms with Crippen molar-refractivity contribution < 1.29 is 9.84 Å². The lowest BCUT2D eigenvalue weighted by Crippen LogP contribution is -2.58. The summed E-state index contributed by atoms with van der Waals surface area (Å²) in [7, 11) is 1.53. The summed E-state index contributed by atoms with van der Waals surface area (Å²) in [6.07, 6.45) is 1.75. The van der Waals surface area contributed by atoms with Gasteiger partial charge in [-0.3, -0.25) is 4.98 Å². The van der Waals surface area contributed by atoms with Crippen LogP contribution in [0.15, 0.2) is 48.7 Å². The van der Waals surface area contributed by atoms with Gasteiger partial charge in [0.2, 0.25) is 0 Å². The Kier molecular flexibility index (Phi) is 9.47. The van der Waals surface area contributed by atoms with Crippen molar-refractivity contribution in [1.29, 1.82) is 0 Å². The van der Waals surface area contributed by atoms with Gasteiger partial charge in [-0.1, -0.05) is 52.4 Å². The van der Waals surface area contributed by atoms with Gasteiger partial charge in [-0.15, -0.1) is 24.8 Å². The number of methoxy groups -OCH3 is 1. The standard InChI is InChI=1S/C21H23ClIN3O2.2ClH/c1-20(2,26-12-13-5-4-6-18(28-3)19(13)27)21(23,24)16-9-10-25-17-11-14(22)7-8-15(16)17;;/h4-11,26-27H,12,24H2,1-3H3;2*1H. The van der Waals surface area contributed by atoms with E-state index in [0.717, 1.165) is 22.0 Å². The quantitative estimate of drug-likeness (QED) is 0.201. The molecule has 30 heavy (non-hydrogen) atoms. The van der Waals surface area contributed by atoms with E-state index in [2.05, 4.69) is 32.9 Å². The number of nitrogens with zero attached hydrogens (tertiary/aromatic N) is 1. The van der Waals surface area contributed by atoms with Crippen molar-refractivity contribution in [3.8, 4) is 11.5 Å². The summed E-state index contributed by atoms with van der Waals surface area (Å²) in [5.41, 5.74) is 8.84. The number of fused-ring (bicyclic) bond motifs is 1. The number of pyridine rings is 1. The maximum Gasteiger partial charge on any atom is 0.162 e. The molecule has 1 aromatic heterocycles. The monoisotopic (exact) mass is 583 g/mol. The van der Waals surface area contributed by atoms with E-state index in [9.17, 15) is 5.11 Å². The topological polar surface area (TPSA) is 80.4 Å². The Hall–Kier alpha value is -1.03. The highest BCUT2D eigenvalue weighted by atomic mass is 127. The Bertz CT molecular complexity index is 1020. The fraction of sp³-hybridized carbons (Fsp3) is 0.286. The zero-order valence-electron chi connectivity index (χ0n) is 16.8. The lowest BCUT2D eigenvalue weighted by atomic mass is 9.87. The molecule has 0 saturated heterocycles. The molecule has 1 atom stereocenters. The third-order valence-corrected chi connectivity index (χ3v) is 7.19. The minimum atomic E-state index is -0.756. The van der Waals surface area contributed by atoms with Crippen molar-refractivity contribution in [2.24, 2.45) is 5.73 Å². The normalized spacial score (nSPS) is 13.1. The fourth-order valence-corrected chi connectivity index (χ4v) is 3.92. The molecule has 4 N–H and O–H groups in total. The average molecular weight is 585 g/mol. The summed E-state index contributed by atoms with van der Waals surface area (Å²) in [4.78, 5) is 4.41. The number of hydrogen-bond donors (Lipinski definition) is 3. The van der Waals surface area contributed by atoms with E-state index in [1.165, 1.54) is 7.11 Å². The molecule has 1 unspecified atom stereocenters. The van der Waals surface area contributed by atoms with E-state index in [0.29, 0.717) is 17.3 Å². The molecule has 3 aromatic rings. The Morgan fingerprint density at radius 2 is 1.90 bits per heavy atom. The molecule has 9 heteroatoms. The molecule has 0 radical (unpaired) electrons.